The van der Waals surface area contributed by atoms with E-state index in [0.717, 1.165) is 11.1 Å². The normalized spacial score (nSPS) is 11.9. The summed E-state index contributed by atoms with van der Waals surface area (Å²) in [7, 11) is 0. The number of nitro benzene ring substituents is 1. The summed E-state index contributed by atoms with van der Waals surface area (Å²) in [6.07, 6.45) is 0.444. The third-order valence-electron chi connectivity index (χ3n) is 3.87. The molecule has 1 atom stereocenters. The van der Waals surface area contributed by atoms with Crippen molar-refractivity contribution in [3.63, 3.8) is 0 Å². The lowest BCUT2D eigenvalue weighted by Crippen LogP contribution is -2.27. The van der Waals surface area contributed by atoms with E-state index in [2.05, 4.69) is 20.7 Å². The molecule has 3 rings (SSSR count). The number of benzene rings is 1. The maximum atomic E-state index is 12.7. The minimum atomic E-state index is -0.673. The zero-order chi connectivity index (χ0) is 18.7. The smallest absolute Gasteiger partial charge is 0.271 e. The highest BCUT2D eigenvalue weighted by Crippen LogP contribution is 2.24. The van der Waals surface area contributed by atoms with Gasteiger partial charge in [0.25, 0.3) is 11.6 Å². The summed E-state index contributed by atoms with van der Waals surface area (Å²) < 4.78 is 0. The Labute approximate surface area is 152 Å². The van der Waals surface area contributed by atoms with Gasteiger partial charge in [-0.05, 0) is 35.6 Å². The van der Waals surface area contributed by atoms with Gasteiger partial charge in [-0.15, -0.1) is 10.2 Å². The van der Waals surface area contributed by atoms with Crippen LogP contribution in [0.5, 0.6) is 0 Å². The number of nitrogens with one attached hydrogen (secondary N) is 1. The van der Waals surface area contributed by atoms with E-state index in [-0.39, 0.29) is 11.6 Å². The van der Waals surface area contributed by atoms with Crippen LogP contribution >= 0.6 is 11.3 Å². The Balaban J connectivity index is 1.82. The van der Waals surface area contributed by atoms with E-state index in [1.54, 1.807) is 13.0 Å². The van der Waals surface area contributed by atoms with Crippen LogP contribution in [0.2, 0.25) is 0 Å². The highest BCUT2D eigenvalue weighted by atomic mass is 32.1. The first kappa shape index (κ1) is 17.7. The molecule has 0 aliphatic heterocycles. The van der Waals surface area contributed by atoms with Gasteiger partial charge in [-0.3, -0.25) is 14.9 Å². The van der Waals surface area contributed by atoms with Gasteiger partial charge in [0.05, 0.1) is 10.6 Å². The van der Waals surface area contributed by atoms with E-state index in [4.69, 9.17) is 0 Å². The van der Waals surface area contributed by atoms with Crippen molar-refractivity contribution in [3.8, 4) is 11.4 Å². The van der Waals surface area contributed by atoms with Gasteiger partial charge < -0.3 is 5.32 Å². The molecule has 0 aliphatic carbocycles. The summed E-state index contributed by atoms with van der Waals surface area (Å²) >= 11 is 1.52. The number of anilines is 1. The molecular formula is C16H16N6O3S. The van der Waals surface area contributed by atoms with Crippen LogP contribution in [0.15, 0.2) is 35.0 Å². The monoisotopic (exact) mass is 372 g/mol. The van der Waals surface area contributed by atoms with Crippen molar-refractivity contribution in [1.82, 2.24) is 20.2 Å². The molecule has 1 amide bonds. The molecule has 0 aliphatic rings. The molecule has 2 aromatic heterocycles. The van der Waals surface area contributed by atoms with E-state index in [0.29, 0.717) is 17.9 Å². The molecule has 0 radical (unpaired) electrons. The van der Waals surface area contributed by atoms with Crippen molar-refractivity contribution in [2.45, 2.75) is 26.3 Å². The summed E-state index contributed by atoms with van der Waals surface area (Å²) in [5.74, 6) is 0.0920. The highest BCUT2D eigenvalue weighted by Gasteiger charge is 2.23. The molecule has 0 fully saturated rings. The number of rotatable bonds is 6. The molecule has 3 aromatic rings. The maximum Gasteiger partial charge on any atom is 0.271 e. The highest BCUT2D eigenvalue weighted by molar-refractivity contribution is 7.08. The summed E-state index contributed by atoms with van der Waals surface area (Å²) in [5.41, 5.74) is 1.87. The second-order valence-corrected chi connectivity index (χ2v) is 6.40. The fraction of sp³-hybridized carbons (Fsp3) is 0.250. The molecular weight excluding hydrogens is 356 g/mol. The van der Waals surface area contributed by atoms with Crippen LogP contribution in [0.3, 0.4) is 0 Å². The molecule has 134 valence electrons. The number of aromatic nitrogens is 4. The summed E-state index contributed by atoms with van der Waals surface area (Å²) in [4.78, 5) is 24.4. The van der Waals surface area contributed by atoms with Crippen molar-refractivity contribution in [2.24, 2.45) is 0 Å². The first-order chi connectivity index (χ1) is 12.5. The number of hydrogen-bond donors (Lipinski definition) is 1. The fourth-order valence-electron chi connectivity index (χ4n) is 2.39. The average molecular weight is 372 g/mol. The quantitative estimate of drug-likeness (QED) is 0.525. The van der Waals surface area contributed by atoms with Gasteiger partial charge in [-0.25, -0.2) is 0 Å². The third-order valence-corrected chi connectivity index (χ3v) is 4.55. The molecule has 2 heterocycles. The van der Waals surface area contributed by atoms with Gasteiger partial charge in [-0.2, -0.15) is 16.1 Å². The minimum absolute atomic E-state index is 0.0856. The van der Waals surface area contributed by atoms with E-state index in [1.165, 1.54) is 28.3 Å². The predicted molar refractivity (Wildman–Crippen MR) is 96.9 cm³/mol. The zero-order valence-corrected chi connectivity index (χ0v) is 14.9. The number of tetrazole rings is 1. The SMILES string of the molecule is CCC(C(=O)Nc1cc([N+](=O)[O-])ccc1C)n1nnc(-c2ccsc2)n1. The summed E-state index contributed by atoms with van der Waals surface area (Å²) in [6, 6.07) is 5.53. The second-order valence-electron chi connectivity index (χ2n) is 5.62. The predicted octanol–water partition coefficient (Wildman–Crippen LogP) is 3.21. The van der Waals surface area contributed by atoms with Gasteiger partial charge in [0, 0.05) is 23.1 Å². The lowest BCUT2D eigenvalue weighted by molar-refractivity contribution is -0.384. The van der Waals surface area contributed by atoms with Gasteiger partial charge >= 0.3 is 0 Å². The van der Waals surface area contributed by atoms with Crippen molar-refractivity contribution in [2.75, 3.05) is 5.32 Å². The number of amides is 1. The van der Waals surface area contributed by atoms with Crippen LogP contribution in [0.4, 0.5) is 11.4 Å². The first-order valence-corrected chi connectivity index (χ1v) is 8.82. The molecule has 10 heteroatoms. The van der Waals surface area contributed by atoms with E-state index >= 15 is 0 Å². The molecule has 0 saturated heterocycles. The standard InChI is InChI=1S/C16H16N6O3S/c1-3-14(21-19-15(18-20-21)11-6-7-26-9-11)16(23)17-13-8-12(22(24)25)5-4-10(13)2/h4-9,14H,3H2,1-2H3,(H,17,23). The average Bonchev–Trinajstić information content (AvgIpc) is 3.28. The topological polar surface area (TPSA) is 116 Å². The number of nitro groups is 1. The Hall–Kier alpha value is -3.14. The third kappa shape index (κ3) is 3.59. The number of hydrogen-bond acceptors (Lipinski definition) is 7. The molecule has 9 nitrogen and oxygen atoms in total. The van der Waals surface area contributed by atoms with E-state index in [9.17, 15) is 14.9 Å². The van der Waals surface area contributed by atoms with Crippen LogP contribution in [0.1, 0.15) is 24.9 Å². The molecule has 0 bridgehead atoms. The van der Waals surface area contributed by atoms with Gasteiger partial charge in [-0.1, -0.05) is 13.0 Å². The zero-order valence-electron chi connectivity index (χ0n) is 14.1. The van der Waals surface area contributed by atoms with Crippen LogP contribution in [0.25, 0.3) is 11.4 Å². The van der Waals surface area contributed by atoms with Crippen molar-refractivity contribution >= 4 is 28.6 Å². The molecule has 26 heavy (non-hydrogen) atoms. The first-order valence-electron chi connectivity index (χ1n) is 7.87. The van der Waals surface area contributed by atoms with Crippen molar-refractivity contribution < 1.29 is 9.72 Å². The van der Waals surface area contributed by atoms with Gasteiger partial charge in [0.1, 0.15) is 0 Å². The number of carbonyl (C=O) groups excluding carboxylic acids is 1. The number of thiophene rings is 1. The number of nitrogens with zero attached hydrogens (tertiary/aromatic N) is 5. The summed E-state index contributed by atoms with van der Waals surface area (Å²) in [5, 5.41) is 29.7. The van der Waals surface area contributed by atoms with Crippen LogP contribution in [-0.4, -0.2) is 31.0 Å². The summed E-state index contributed by atoms with van der Waals surface area (Å²) in [6.45, 7) is 3.60. The Morgan fingerprint density at radius 3 is 2.88 bits per heavy atom. The fourth-order valence-corrected chi connectivity index (χ4v) is 3.03. The van der Waals surface area contributed by atoms with E-state index < -0.39 is 11.0 Å². The van der Waals surface area contributed by atoms with Crippen LogP contribution < -0.4 is 5.32 Å². The van der Waals surface area contributed by atoms with Crippen LogP contribution in [0, 0.1) is 17.0 Å². The lowest BCUT2D eigenvalue weighted by Gasteiger charge is -2.14. The van der Waals surface area contributed by atoms with E-state index in [1.807, 2.05) is 23.8 Å². The largest absolute Gasteiger partial charge is 0.324 e. The van der Waals surface area contributed by atoms with Gasteiger partial charge in [0.15, 0.2) is 6.04 Å². The molecule has 1 aromatic carbocycles. The van der Waals surface area contributed by atoms with Crippen LogP contribution in [-0.2, 0) is 4.79 Å². The Morgan fingerprint density at radius 2 is 2.23 bits per heavy atom. The minimum Gasteiger partial charge on any atom is -0.324 e. The maximum absolute atomic E-state index is 12.7. The number of carbonyl (C=O) groups is 1. The molecule has 0 saturated carbocycles. The Kier molecular flexibility index (Phi) is 5.03. The molecule has 1 unspecified atom stereocenters. The Bertz CT molecular complexity index is 937. The van der Waals surface area contributed by atoms with Gasteiger partial charge in [0.2, 0.25) is 5.82 Å². The van der Waals surface area contributed by atoms with Crippen molar-refractivity contribution in [3.05, 3.63) is 50.7 Å². The lowest BCUT2D eigenvalue weighted by atomic mass is 10.1. The van der Waals surface area contributed by atoms with Crippen molar-refractivity contribution in [1.29, 1.82) is 0 Å². The Morgan fingerprint density at radius 1 is 1.42 bits per heavy atom. The second kappa shape index (κ2) is 7.40. The molecule has 1 N–H and O–H groups in total. The number of aryl methyl sites for hydroxylation is 1. The number of non-ortho nitro benzene ring substituents is 1. The molecule has 0 spiro atoms.